The molecule has 0 unspecified atom stereocenters. The number of carbonyl (C=O) groups excluding carboxylic acids is 2. The molecule has 0 radical (unpaired) electrons. The number of benzene rings is 2. The summed E-state index contributed by atoms with van der Waals surface area (Å²) in [6.07, 6.45) is 13.2. The van der Waals surface area contributed by atoms with Gasteiger partial charge in [-0.3, -0.25) is 29.2 Å². The molecule has 2 fully saturated rings. The SMILES string of the molecule is Cn1cc(-c2ccc3[nH]nc(C(=O)N[C@@H]4CCN(C#N)C4)c3c2)cn1.Cn1cc(-c2ccc3c(C(=O)N[C@@H]4CCN(C#N)C4)n[nH]c3c2)cn1. The fourth-order valence-corrected chi connectivity index (χ4v) is 6.32. The van der Waals surface area contributed by atoms with Crippen molar-refractivity contribution in [1.29, 1.82) is 10.5 Å². The summed E-state index contributed by atoms with van der Waals surface area (Å²) in [5.41, 5.74) is 6.34. The molecule has 0 bridgehead atoms. The van der Waals surface area contributed by atoms with Crippen LogP contribution in [0.5, 0.6) is 0 Å². The number of nitrogens with zero attached hydrogens (tertiary/aromatic N) is 10. The van der Waals surface area contributed by atoms with Crippen molar-refractivity contribution in [3.63, 3.8) is 0 Å². The lowest BCUT2D eigenvalue weighted by Gasteiger charge is -2.11. The standard InChI is InChI=1S/2C17H17N7O/c1-23-8-12(7-19-23)11-2-3-15-14(6-11)16(22-21-15)17(25)20-13-4-5-24(9-13)10-18;1-23-8-12(7-19-23)11-2-3-14-15(6-11)21-22-16(14)17(25)20-13-4-5-24(9-13)10-18/h2*2-3,6-8,13H,4-5,9H2,1H3,(H,20,25)(H,21,22)/t2*13-/m11/s1. The van der Waals surface area contributed by atoms with Gasteiger partial charge < -0.3 is 20.4 Å². The Morgan fingerprint density at radius 1 is 0.720 bits per heavy atom. The lowest BCUT2D eigenvalue weighted by Crippen LogP contribution is -2.36. The predicted molar refractivity (Wildman–Crippen MR) is 183 cm³/mol. The van der Waals surface area contributed by atoms with E-state index in [-0.39, 0.29) is 23.9 Å². The van der Waals surface area contributed by atoms with Crippen molar-refractivity contribution >= 4 is 33.6 Å². The summed E-state index contributed by atoms with van der Waals surface area (Å²) < 4.78 is 3.49. The van der Waals surface area contributed by atoms with E-state index in [4.69, 9.17) is 10.5 Å². The Labute approximate surface area is 286 Å². The predicted octanol–water partition coefficient (Wildman–Crippen LogP) is 2.50. The Balaban J connectivity index is 0.000000157. The molecule has 16 heteroatoms. The van der Waals surface area contributed by atoms with Crippen molar-refractivity contribution in [2.24, 2.45) is 14.1 Å². The van der Waals surface area contributed by atoms with Crippen molar-refractivity contribution in [3.05, 3.63) is 72.6 Å². The van der Waals surface area contributed by atoms with Gasteiger partial charge in [0, 0.05) is 86.7 Å². The highest BCUT2D eigenvalue weighted by Crippen LogP contribution is 2.26. The third-order valence-corrected chi connectivity index (χ3v) is 8.96. The van der Waals surface area contributed by atoms with Gasteiger partial charge in [0.15, 0.2) is 23.8 Å². The van der Waals surface area contributed by atoms with Crippen molar-refractivity contribution in [1.82, 2.24) is 60.4 Å². The van der Waals surface area contributed by atoms with Crippen LogP contribution >= 0.6 is 0 Å². The number of aryl methyl sites for hydroxylation is 2. The highest BCUT2D eigenvalue weighted by Gasteiger charge is 2.26. The summed E-state index contributed by atoms with van der Waals surface area (Å²) in [5.74, 6) is -0.440. The number of aromatic nitrogens is 8. The van der Waals surface area contributed by atoms with E-state index in [1.54, 1.807) is 31.6 Å². The molecule has 4 aromatic heterocycles. The second kappa shape index (κ2) is 13.4. The first-order valence-electron chi connectivity index (χ1n) is 16.1. The van der Waals surface area contributed by atoms with Crippen LogP contribution in [0.4, 0.5) is 0 Å². The smallest absolute Gasteiger partial charge is 0.272 e. The molecule has 0 spiro atoms. The van der Waals surface area contributed by atoms with Gasteiger partial charge >= 0.3 is 0 Å². The van der Waals surface area contributed by atoms with E-state index in [9.17, 15) is 9.59 Å². The zero-order valence-corrected chi connectivity index (χ0v) is 27.5. The first-order chi connectivity index (χ1) is 24.3. The van der Waals surface area contributed by atoms with Crippen molar-refractivity contribution in [2.45, 2.75) is 24.9 Å². The average molecular weight is 671 g/mol. The Morgan fingerprint density at radius 3 is 1.76 bits per heavy atom. The highest BCUT2D eigenvalue weighted by atomic mass is 16.2. The van der Waals surface area contributed by atoms with E-state index in [0.29, 0.717) is 37.6 Å². The first kappa shape index (κ1) is 31.9. The fraction of sp³-hybridized carbons (Fsp3) is 0.294. The zero-order valence-electron chi connectivity index (χ0n) is 27.5. The van der Waals surface area contributed by atoms with Crippen LogP contribution in [0.25, 0.3) is 44.1 Å². The number of amides is 2. The fourth-order valence-electron chi connectivity index (χ4n) is 6.32. The van der Waals surface area contributed by atoms with E-state index < -0.39 is 0 Å². The number of H-pyrrole nitrogens is 2. The number of nitriles is 2. The first-order valence-corrected chi connectivity index (χ1v) is 16.1. The Morgan fingerprint density at radius 2 is 1.24 bits per heavy atom. The minimum Gasteiger partial charge on any atom is -0.346 e. The normalized spacial score (nSPS) is 17.0. The second-order valence-corrected chi connectivity index (χ2v) is 12.5. The summed E-state index contributed by atoms with van der Waals surface area (Å²) in [7, 11) is 3.74. The number of rotatable bonds is 6. The summed E-state index contributed by atoms with van der Waals surface area (Å²) >= 11 is 0. The van der Waals surface area contributed by atoms with Crippen LogP contribution in [-0.4, -0.2) is 99.8 Å². The number of nitrogens with one attached hydrogen (secondary N) is 4. The summed E-state index contributed by atoms with van der Waals surface area (Å²) in [6, 6.07) is 11.6. The monoisotopic (exact) mass is 670 g/mol. The highest BCUT2D eigenvalue weighted by molar-refractivity contribution is 6.06. The summed E-state index contributed by atoms with van der Waals surface area (Å²) in [6.45, 7) is 2.45. The van der Waals surface area contributed by atoms with Crippen molar-refractivity contribution in [3.8, 4) is 34.6 Å². The van der Waals surface area contributed by atoms with Crippen LogP contribution in [0.1, 0.15) is 33.8 Å². The zero-order chi connectivity index (χ0) is 34.8. The van der Waals surface area contributed by atoms with Crippen LogP contribution in [-0.2, 0) is 14.1 Å². The number of hydrogen-bond donors (Lipinski definition) is 4. The molecule has 2 aromatic carbocycles. The van der Waals surface area contributed by atoms with Crippen LogP contribution < -0.4 is 10.6 Å². The molecular formula is C34H34N14O2. The molecule has 0 saturated carbocycles. The molecule has 0 aliphatic carbocycles. The van der Waals surface area contributed by atoms with Gasteiger partial charge in [-0.25, -0.2) is 0 Å². The molecule has 8 rings (SSSR count). The Hall–Kier alpha value is -6.68. The quantitative estimate of drug-likeness (QED) is 0.191. The molecule has 4 N–H and O–H groups in total. The lowest BCUT2D eigenvalue weighted by molar-refractivity contribution is 0.0927. The average Bonchev–Trinajstić information content (AvgIpc) is 3.97. The molecule has 2 amide bonds. The number of aromatic amines is 2. The number of carbonyl (C=O) groups is 2. The van der Waals surface area contributed by atoms with Gasteiger partial charge in [-0.2, -0.15) is 30.9 Å². The molecular weight excluding hydrogens is 636 g/mol. The number of hydrogen-bond acceptors (Lipinski definition) is 10. The van der Waals surface area contributed by atoms with Crippen LogP contribution in [0.2, 0.25) is 0 Å². The maximum atomic E-state index is 12.6. The van der Waals surface area contributed by atoms with Gasteiger partial charge in [-0.15, -0.1) is 0 Å². The molecule has 6 aromatic rings. The van der Waals surface area contributed by atoms with Gasteiger partial charge in [0.1, 0.15) is 0 Å². The van der Waals surface area contributed by atoms with E-state index in [0.717, 1.165) is 56.9 Å². The Bertz CT molecular complexity index is 2280. The summed E-state index contributed by atoms with van der Waals surface area (Å²) in [5, 5.41) is 47.9. The minimum atomic E-state index is -0.223. The maximum absolute atomic E-state index is 12.6. The van der Waals surface area contributed by atoms with Gasteiger partial charge in [0.2, 0.25) is 0 Å². The number of fused-ring (bicyclic) bond motifs is 2. The van der Waals surface area contributed by atoms with Crippen LogP contribution in [0.3, 0.4) is 0 Å². The van der Waals surface area contributed by atoms with Gasteiger partial charge in [-0.05, 0) is 48.2 Å². The Kier molecular flexibility index (Phi) is 8.57. The van der Waals surface area contributed by atoms with Crippen molar-refractivity contribution < 1.29 is 9.59 Å². The maximum Gasteiger partial charge on any atom is 0.272 e. The molecule has 50 heavy (non-hydrogen) atoms. The van der Waals surface area contributed by atoms with Gasteiger partial charge in [0.05, 0.1) is 23.4 Å². The molecule has 2 aliphatic heterocycles. The lowest BCUT2D eigenvalue weighted by atomic mass is 10.1. The van der Waals surface area contributed by atoms with E-state index in [1.807, 2.05) is 62.9 Å². The third kappa shape index (κ3) is 6.54. The number of likely N-dealkylation sites (tertiary alicyclic amines) is 2. The molecule has 2 saturated heterocycles. The topological polar surface area (TPSA) is 205 Å². The van der Waals surface area contributed by atoms with Crippen molar-refractivity contribution in [2.75, 3.05) is 26.2 Å². The minimum absolute atomic E-state index is 0.0198. The van der Waals surface area contributed by atoms with Gasteiger partial charge in [-0.1, -0.05) is 12.1 Å². The molecule has 2 atom stereocenters. The summed E-state index contributed by atoms with van der Waals surface area (Å²) in [4.78, 5) is 28.4. The second-order valence-electron chi connectivity index (χ2n) is 12.5. The molecule has 2 aliphatic rings. The molecule has 6 heterocycles. The van der Waals surface area contributed by atoms with Crippen LogP contribution in [0.15, 0.2) is 61.2 Å². The van der Waals surface area contributed by atoms with Gasteiger partial charge in [0.25, 0.3) is 11.8 Å². The largest absolute Gasteiger partial charge is 0.346 e. The third-order valence-electron chi connectivity index (χ3n) is 8.96. The van der Waals surface area contributed by atoms with E-state index >= 15 is 0 Å². The molecule has 252 valence electrons. The van der Waals surface area contributed by atoms with E-state index in [1.165, 1.54) is 0 Å². The molecule has 16 nitrogen and oxygen atoms in total. The van der Waals surface area contributed by atoms with E-state index in [2.05, 4.69) is 53.6 Å². The van der Waals surface area contributed by atoms with Crippen LogP contribution in [0, 0.1) is 22.9 Å².